The minimum absolute atomic E-state index is 0.0182. The monoisotopic (exact) mass is 472 g/mol. The van der Waals surface area contributed by atoms with Gasteiger partial charge in [-0.2, -0.15) is 0 Å². The topological polar surface area (TPSA) is 107 Å². The summed E-state index contributed by atoms with van der Waals surface area (Å²) < 4.78 is 11.0. The van der Waals surface area contributed by atoms with E-state index < -0.39 is 46.9 Å². The van der Waals surface area contributed by atoms with E-state index in [0.29, 0.717) is 19.3 Å². The first-order chi connectivity index (χ1) is 15.9. The molecule has 4 rings (SSSR count). The molecule has 7 heteroatoms. The van der Waals surface area contributed by atoms with Gasteiger partial charge < -0.3 is 14.6 Å². The van der Waals surface area contributed by atoms with Crippen LogP contribution in [0.5, 0.6) is 0 Å². The number of aliphatic hydroxyl groups is 1. The first-order valence-corrected chi connectivity index (χ1v) is 12.4. The van der Waals surface area contributed by atoms with Crippen molar-refractivity contribution in [2.45, 2.75) is 78.4 Å². The third-order valence-electron chi connectivity index (χ3n) is 9.37. The number of hydrogen-bond acceptors (Lipinski definition) is 7. The number of aliphatic hydroxyl groups excluding tert-OH is 1. The molecule has 8 atom stereocenters. The van der Waals surface area contributed by atoms with Crippen LogP contribution in [-0.4, -0.2) is 46.9 Å². The third kappa shape index (κ3) is 3.50. The Labute approximate surface area is 200 Å². The van der Waals surface area contributed by atoms with Crippen LogP contribution in [0.1, 0.15) is 66.7 Å². The Morgan fingerprint density at radius 1 is 1.24 bits per heavy atom. The molecule has 34 heavy (non-hydrogen) atoms. The van der Waals surface area contributed by atoms with Crippen LogP contribution in [0, 0.1) is 34.5 Å². The van der Waals surface area contributed by atoms with Crippen LogP contribution in [0.4, 0.5) is 0 Å². The molecule has 4 aliphatic carbocycles. The van der Waals surface area contributed by atoms with E-state index in [4.69, 9.17) is 9.47 Å². The van der Waals surface area contributed by atoms with Crippen molar-refractivity contribution in [1.29, 1.82) is 0 Å². The van der Waals surface area contributed by atoms with Crippen molar-refractivity contribution in [2.75, 3.05) is 6.61 Å². The Hall–Kier alpha value is -2.28. The minimum Gasteiger partial charge on any atom is -0.458 e. The molecular formula is C27H36O7. The van der Waals surface area contributed by atoms with Gasteiger partial charge in [-0.1, -0.05) is 39.3 Å². The molecule has 0 spiro atoms. The van der Waals surface area contributed by atoms with Crippen LogP contribution in [0.2, 0.25) is 0 Å². The lowest BCUT2D eigenvalue weighted by atomic mass is 9.44. The van der Waals surface area contributed by atoms with Gasteiger partial charge in [0, 0.05) is 30.1 Å². The lowest BCUT2D eigenvalue weighted by Crippen LogP contribution is -2.63. The highest BCUT2D eigenvalue weighted by Crippen LogP contribution is 2.68. The van der Waals surface area contributed by atoms with E-state index in [9.17, 15) is 24.3 Å². The van der Waals surface area contributed by atoms with Crippen LogP contribution in [-0.2, 0) is 28.7 Å². The number of carbonyl (C=O) groups is 4. The largest absolute Gasteiger partial charge is 0.458 e. The molecule has 0 aliphatic heterocycles. The third-order valence-corrected chi connectivity index (χ3v) is 9.37. The fourth-order valence-corrected chi connectivity index (χ4v) is 7.97. The highest BCUT2D eigenvalue weighted by Gasteiger charge is 2.70. The molecule has 1 N–H and O–H groups in total. The molecule has 0 bridgehead atoms. The van der Waals surface area contributed by atoms with Crippen molar-refractivity contribution in [3.8, 4) is 0 Å². The van der Waals surface area contributed by atoms with Gasteiger partial charge in [0.15, 0.2) is 18.0 Å². The predicted octanol–water partition coefficient (Wildman–Crippen LogP) is 3.34. The van der Waals surface area contributed by atoms with Crippen molar-refractivity contribution in [2.24, 2.45) is 34.5 Å². The fourth-order valence-electron chi connectivity index (χ4n) is 7.97. The fraction of sp³-hybridized carbons (Fsp3) is 0.704. The van der Waals surface area contributed by atoms with E-state index in [1.54, 1.807) is 19.1 Å². The summed E-state index contributed by atoms with van der Waals surface area (Å²) in [6.07, 6.45) is 6.77. The number of fused-ring (bicyclic) bond motifs is 5. The van der Waals surface area contributed by atoms with Crippen molar-refractivity contribution >= 4 is 23.5 Å². The normalized spacial score (nSPS) is 42.7. The predicted molar refractivity (Wildman–Crippen MR) is 123 cm³/mol. The number of ether oxygens (including phenoxy) is 2. The molecule has 186 valence electrons. The summed E-state index contributed by atoms with van der Waals surface area (Å²) in [7, 11) is 0. The second kappa shape index (κ2) is 8.43. The Morgan fingerprint density at radius 2 is 1.94 bits per heavy atom. The van der Waals surface area contributed by atoms with Gasteiger partial charge in [-0.3, -0.25) is 19.2 Å². The van der Waals surface area contributed by atoms with Crippen molar-refractivity contribution in [3.63, 3.8) is 0 Å². The average Bonchev–Trinajstić information content (AvgIpc) is 3.05. The zero-order valence-corrected chi connectivity index (χ0v) is 20.8. The highest BCUT2D eigenvalue weighted by atomic mass is 16.6. The van der Waals surface area contributed by atoms with E-state index in [1.165, 1.54) is 6.92 Å². The molecule has 0 aromatic heterocycles. The maximum Gasteiger partial charge on any atom is 0.306 e. The number of ketones is 2. The van der Waals surface area contributed by atoms with Gasteiger partial charge in [0.25, 0.3) is 0 Å². The number of Topliss-reactive ketones (excluding diaryl/α,β-unsaturated/α-hetero) is 1. The molecule has 4 aliphatic rings. The first-order valence-electron chi connectivity index (χ1n) is 12.4. The van der Waals surface area contributed by atoms with Gasteiger partial charge in [0.1, 0.15) is 0 Å². The van der Waals surface area contributed by atoms with Gasteiger partial charge in [-0.05, 0) is 55.6 Å². The molecule has 3 unspecified atom stereocenters. The smallest absolute Gasteiger partial charge is 0.306 e. The number of rotatable bonds is 5. The van der Waals surface area contributed by atoms with Crippen LogP contribution < -0.4 is 0 Å². The summed E-state index contributed by atoms with van der Waals surface area (Å²) in [6.45, 7) is 8.65. The second-order valence-electron chi connectivity index (χ2n) is 11.1. The number of esters is 2. The van der Waals surface area contributed by atoms with Crippen LogP contribution in [0.3, 0.4) is 0 Å². The van der Waals surface area contributed by atoms with E-state index in [1.807, 2.05) is 13.0 Å². The highest BCUT2D eigenvalue weighted by molar-refractivity contribution is 6.01. The van der Waals surface area contributed by atoms with Gasteiger partial charge in [-0.15, -0.1) is 0 Å². The van der Waals surface area contributed by atoms with Gasteiger partial charge >= 0.3 is 11.9 Å². The summed E-state index contributed by atoms with van der Waals surface area (Å²) in [4.78, 5) is 49.6. The van der Waals surface area contributed by atoms with Crippen LogP contribution >= 0.6 is 0 Å². The molecule has 0 heterocycles. The molecule has 0 aromatic rings. The molecule has 0 amide bonds. The molecule has 0 radical (unpaired) electrons. The Bertz CT molecular complexity index is 979. The van der Waals surface area contributed by atoms with Crippen molar-refractivity contribution in [1.82, 2.24) is 0 Å². The first kappa shape index (κ1) is 24.8. The van der Waals surface area contributed by atoms with E-state index in [-0.39, 0.29) is 35.9 Å². The van der Waals surface area contributed by atoms with Gasteiger partial charge in [-0.25, -0.2) is 0 Å². The second-order valence-corrected chi connectivity index (χ2v) is 11.1. The molecule has 3 fully saturated rings. The quantitative estimate of drug-likeness (QED) is 0.612. The zero-order valence-electron chi connectivity index (χ0n) is 20.8. The lowest BCUT2D eigenvalue weighted by Gasteiger charge is -2.61. The summed E-state index contributed by atoms with van der Waals surface area (Å²) in [5.41, 5.74) is -1.60. The van der Waals surface area contributed by atoms with E-state index >= 15 is 0 Å². The summed E-state index contributed by atoms with van der Waals surface area (Å²) in [5.74, 6) is -1.29. The van der Waals surface area contributed by atoms with Crippen LogP contribution in [0.25, 0.3) is 0 Å². The van der Waals surface area contributed by atoms with Gasteiger partial charge in [0.2, 0.25) is 5.78 Å². The van der Waals surface area contributed by atoms with Crippen molar-refractivity contribution in [3.05, 3.63) is 23.8 Å². The summed E-state index contributed by atoms with van der Waals surface area (Å²) in [5, 5.41) is 11.6. The standard InChI is InChI=1S/C27H36O7/c1-6-23(32)34-27(22(31)14-33-16(3)28)10-8-19-18-11-15(2)20-12-17(29)7-9-25(20,4)24(18)21(30)13-26(19,27)5/h7,9,12,15,18-19,21,24,30H,6,8,10-11,13-14H2,1-5H3/t15-,18?,19?,21-,24?,25-,26-,27-/m0/s1. The molecule has 0 saturated heterocycles. The Balaban J connectivity index is 1.76. The Morgan fingerprint density at radius 3 is 2.59 bits per heavy atom. The summed E-state index contributed by atoms with van der Waals surface area (Å²) in [6, 6.07) is 0. The minimum atomic E-state index is -1.44. The molecule has 3 saturated carbocycles. The van der Waals surface area contributed by atoms with Crippen molar-refractivity contribution < 1.29 is 33.8 Å². The maximum absolute atomic E-state index is 13.5. The van der Waals surface area contributed by atoms with E-state index in [2.05, 4.69) is 13.8 Å². The molecule has 7 nitrogen and oxygen atoms in total. The number of carbonyl (C=O) groups excluding carboxylic acids is 4. The zero-order chi connectivity index (χ0) is 25.1. The Kier molecular flexibility index (Phi) is 6.16. The average molecular weight is 473 g/mol. The van der Waals surface area contributed by atoms with E-state index in [0.717, 1.165) is 12.0 Å². The van der Waals surface area contributed by atoms with Crippen LogP contribution in [0.15, 0.2) is 23.8 Å². The molecule has 0 aromatic carbocycles. The SMILES string of the molecule is CCC(=O)O[C@]1(C(=O)COC(C)=O)CCC2C3C[C@H](C)C4=CC(=O)C=C[C@]4(C)C3[C@@H](O)C[C@@]21C. The number of hydrogen-bond donors (Lipinski definition) is 1. The molecular weight excluding hydrogens is 436 g/mol. The lowest BCUT2D eigenvalue weighted by molar-refractivity contribution is -0.201. The van der Waals surface area contributed by atoms with Gasteiger partial charge in [0.05, 0.1) is 6.10 Å². The summed E-state index contributed by atoms with van der Waals surface area (Å²) >= 11 is 0. The maximum atomic E-state index is 13.5. The number of allylic oxidation sites excluding steroid dienone is 4.